The number of ether oxygens (including phenoxy) is 1. The maximum atomic E-state index is 13.1. The van der Waals surface area contributed by atoms with E-state index in [1.165, 1.54) is 12.1 Å². The Bertz CT molecular complexity index is 661. The van der Waals surface area contributed by atoms with Crippen LogP contribution in [0.5, 0.6) is 5.75 Å². The Hall–Kier alpha value is -1.88. The summed E-state index contributed by atoms with van der Waals surface area (Å²) < 4.78 is 20.6. The smallest absolute Gasteiger partial charge is 0.193 e. The van der Waals surface area contributed by atoms with Crippen LogP contribution in [0, 0.1) is 12.7 Å². The number of hydrogen-bond donors (Lipinski definition) is 0. The third-order valence-electron chi connectivity index (χ3n) is 2.67. The van der Waals surface area contributed by atoms with Crippen molar-refractivity contribution in [2.45, 2.75) is 13.5 Å². The van der Waals surface area contributed by atoms with Crippen LogP contribution in [0.1, 0.15) is 11.3 Å². The summed E-state index contributed by atoms with van der Waals surface area (Å²) in [4.78, 5) is 5.34. The predicted octanol–water partition coefficient (Wildman–Crippen LogP) is 3.42. The van der Waals surface area contributed by atoms with Crippen LogP contribution in [0.2, 0.25) is 0 Å². The van der Waals surface area contributed by atoms with Crippen LogP contribution < -0.4 is 4.74 Å². The molecule has 0 amide bonds. The third-order valence-corrected chi connectivity index (χ3v) is 3.44. The molecule has 2 heterocycles. The van der Waals surface area contributed by atoms with Crippen LogP contribution in [-0.2, 0) is 6.61 Å². The highest BCUT2D eigenvalue weighted by Crippen LogP contribution is 2.20. The molecule has 3 nitrogen and oxygen atoms in total. The van der Waals surface area contributed by atoms with Crippen LogP contribution >= 0.6 is 11.3 Å². The van der Waals surface area contributed by atoms with E-state index in [-0.39, 0.29) is 5.82 Å². The standard InChI is InChI=1S/C13H11FN2OS/c1-9-2-3-10(14)6-12(9)17-8-11-7-16-4-5-18-13(16)15-11/h2-7H,8H2,1H3. The molecule has 5 heteroatoms. The Morgan fingerprint density at radius 1 is 1.44 bits per heavy atom. The van der Waals surface area contributed by atoms with Gasteiger partial charge in [0.25, 0.3) is 0 Å². The summed E-state index contributed by atoms with van der Waals surface area (Å²) in [6.07, 6.45) is 3.87. The zero-order valence-electron chi connectivity index (χ0n) is 9.76. The maximum absolute atomic E-state index is 13.1. The van der Waals surface area contributed by atoms with Gasteiger partial charge >= 0.3 is 0 Å². The summed E-state index contributed by atoms with van der Waals surface area (Å²) in [7, 11) is 0. The first kappa shape index (κ1) is 11.2. The molecule has 3 aromatic rings. The van der Waals surface area contributed by atoms with Gasteiger partial charge in [0, 0.05) is 23.8 Å². The molecule has 0 unspecified atom stereocenters. The topological polar surface area (TPSA) is 26.5 Å². The first-order chi connectivity index (χ1) is 8.72. The van der Waals surface area contributed by atoms with E-state index in [0.717, 1.165) is 16.2 Å². The van der Waals surface area contributed by atoms with Crippen molar-refractivity contribution in [2.24, 2.45) is 0 Å². The van der Waals surface area contributed by atoms with Crippen LogP contribution in [0.3, 0.4) is 0 Å². The molecule has 0 atom stereocenters. The molecule has 0 N–H and O–H groups in total. The van der Waals surface area contributed by atoms with Crippen molar-refractivity contribution >= 4 is 16.3 Å². The van der Waals surface area contributed by atoms with E-state index in [4.69, 9.17) is 4.74 Å². The molecule has 0 aliphatic carbocycles. The van der Waals surface area contributed by atoms with Gasteiger partial charge in [-0.05, 0) is 18.6 Å². The number of thiazole rings is 1. The number of halogens is 1. The molecular weight excluding hydrogens is 251 g/mol. The summed E-state index contributed by atoms with van der Waals surface area (Å²) >= 11 is 1.57. The molecule has 0 fully saturated rings. The third kappa shape index (κ3) is 2.09. The number of aromatic nitrogens is 2. The zero-order chi connectivity index (χ0) is 12.5. The Morgan fingerprint density at radius 2 is 2.33 bits per heavy atom. The van der Waals surface area contributed by atoms with Gasteiger partial charge in [-0.25, -0.2) is 9.37 Å². The minimum atomic E-state index is -0.290. The number of aryl methyl sites for hydroxylation is 1. The summed E-state index contributed by atoms with van der Waals surface area (Å²) in [6, 6.07) is 4.53. The zero-order valence-corrected chi connectivity index (χ0v) is 10.6. The van der Waals surface area contributed by atoms with Gasteiger partial charge in [0.2, 0.25) is 0 Å². The maximum Gasteiger partial charge on any atom is 0.193 e. The lowest BCUT2D eigenvalue weighted by Gasteiger charge is -2.07. The average Bonchev–Trinajstić information content (AvgIpc) is 2.90. The summed E-state index contributed by atoms with van der Waals surface area (Å²) in [5.74, 6) is 0.271. The highest BCUT2D eigenvalue weighted by molar-refractivity contribution is 7.15. The van der Waals surface area contributed by atoms with Crippen molar-refractivity contribution in [3.63, 3.8) is 0 Å². The SMILES string of the molecule is Cc1ccc(F)cc1OCc1cn2ccsc2n1. The number of imidazole rings is 1. The molecule has 0 aliphatic rings. The van der Waals surface area contributed by atoms with Crippen molar-refractivity contribution < 1.29 is 9.13 Å². The molecule has 1 aromatic carbocycles. The first-order valence-corrected chi connectivity index (χ1v) is 6.40. The minimum absolute atomic E-state index is 0.290. The minimum Gasteiger partial charge on any atom is -0.487 e. The molecule has 0 radical (unpaired) electrons. The Labute approximate surface area is 107 Å². The lowest BCUT2D eigenvalue weighted by Crippen LogP contribution is -1.97. The van der Waals surface area contributed by atoms with Gasteiger partial charge in [-0.3, -0.25) is 4.40 Å². The molecule has 0 saturated heterocycles. The highest BCUT2D eigenvalue weighted by atomic mass is 32.1. The molecule has 0 spiro atoms. The highest BCUT2D eigenvalue weighted by Gasteiger charge is 2.05. The Balaban J connectivity index is 1.77. The average molecular weight is 262 g/mol. The van der Waals surface area contributed by atoms with Crippen molar-refractivity contribution in [1.82, 2.24) is 9.38 Å². The van der Waals surface area contributed by atoms with Gasteiger partial charge in [0.15, 0.2) is 4.96 Å². The van der Waals surface area contributed by atoms with Crippen molar-refractivity contribution in [1.29, 1.82) is 0 Å². The van der Waals surface area contributed by atoms with Gasteiger partial charge in [-0.15, -0.1) is 11.3 Å². The molecule has 18 heavy (non-hydrogen) atoms. The molecule has 0 bridgehead atoms. The van der Waals surface area contributed by atoms with Crippen LogP contribution in [0.4, 0.5) is 4.39 Å². The van der Waals surface area contributed by atoms with Gasteiger partial charge in [-0.2, -0.15) is 0 Å². The number of rotatable bonds is 3. The second kappa shape index (κ2) is 4.42. The normalized spacial score (nSPS) is 11.0. The largest absolute Gasteiger partial charge is 0.487 e. The molecule has 3 rings (SSSR count). The summed E-state index contributed by atoms with van der Waals surface area (Å²) in [5, 5.41) is 1.98. The fraction of sp³-hybridized carbons (Fsp3) is 0.154. The molecule has 92 valence electrons. The number of fused-ring (bicyclic) bond motifs is 1. The van der Waals surface area contributed by atoms with E-state index >= 15 is 0 Å². The van der Waals surface area contributed by atoms with Crippen LogP contribution in [0.15, 0.2) is 36.0 Å². The van der Waals surface area contributed by atoms with E-state index in [2.05, 4.69) is 4.98 Å². The number of nitrogens with zero attached hydrogens (tertiary/aromatic N) is 2. The van der Waals surface area contributed by atoms with E-state index in [9.17, 15) is 4.39 Å². The lowest BCUT2D eigenvalue weighted by molar-refractivity contribution is 0.298. The van der Waals surface area contributed by atoms with E-state index in [1.54, 1.807) is 17.4 Å². The molecule has 2 aromatic heterocycles. The molecule has 0 saturated carbocycles. The fourth-order valence-corrected chi connectivity index (χ4v) is 2.45. The lowest BCUT2D eigenvalue weighted by atomic mass is 10.2. The Morgan fingerprint density at radius 3 is 3.17 bits per heavy atom. The van der Waals surface area contributed by atoms with E-state index < -0.39 is 0 Å². The van der Waals surface area contributed by atoms with Gasteiger partial charge in [-0.1, -0.05) is 6.07 Å². The summed E-state index contributed by atoms with van der Waals surface area (Å²) in [6.45, 7) is 2.24. The van der Waals surface area contributed by atoms with E-state index in [1.807, 2.05) is 29.1 Å². The van der Waals surface area contributed by atoms with Crippen molar-refractivity contribution in [3.05, 3.63) is 53.0 Å². The number of benzene rings is 1. The quantitative estimate of drug-likeness (QED) is 0.723. The Kier molecular flexibility index (Phi) is 2.76. The second-order valence-electron chi connectivity index (χ2n) is 4.02. The van der Waals surface area contributed by atoms with Crippen molar-refractivity contribution in [3.8, 4) is 5.75 Å². The van der Waals surface area contributed by atoms with Crippen LogP contribution in [0.25, 0.3) is 4.96 Å². The fourth-order valence-electron chi connectivity index (χ4n) is 1.73. The van der Waals surface area contributed by atoms with Crippen LogP contribution in [-0.4, -0.2) is 9.38 Å². The summed E-state index contributed by atoms with van der Waals surface area (Å²) in [5.41, 5.74) is 1.75. The monoisotopic (exact) mass is 262 g/mol. The van der Waals surface area contributed by atoms with Gasteiger partial charge < -0.3 is 4.74 Å². The van der Waals surface area contributed by atoms with Gasteiger partial charge in [0.1, 0.15) is 18.2 Å². The molecule has 0 aliphatic heterocycles. The number of hydrogen-bond acceptors (Lipinski definition) is 3. The first-order valence-electron chi connectivity index (χ1n) is 5.52. The second-order valence-corrected chi connectivity index (χ2v) is 4.90. The van der Waals surface area contributed by atoms with Crippen molar-refractivity contribution in [2.75, 3.05) is 0 Å². The predicted molar refractivity (Wildman–Crippen MR) is 68.5 cm³/mol. The van der Waals surface area contributed by atoms with E-state index in [0.29, 0.717) is 12.4 Å². The van der Waals surface area contributed by atoms with Gasteiger partial charge in [0.05, 0.1) is 5.69 Å². The molecular formula is C13H11FN2OS.